The molecule has 1 aliphatic rings. The summed E-state index contributed by atoms with van der Waals surface area (Å²) < 4.78 is 5.10. The van der Waals surface area contributed by atoms with Crippen LogP contribution in [0.1, 0.15) is 37.7 Å². The van der Waals surface area contributed by atoms with Crippen molar-refractivity contribution in [2.75, 3.05) is 26.2 Å². The normalized spacial score (nSPS) is 15.4. The van der Waals surface area contributed by atoms with Crippen molar-refractivity contribution in [1.29, 1.82) is 0 Å². The molecule has 0 radical (unpaired) electrons. The van der Waals surface area contributed by atoms with Crippen molar-refractivity contribution in [3.8, 4) is 0 Å². The summed E-state index contributed by atoms with van der Waals surface area (Å²) in [6.07, 6.45) is 1.30. The topological polar surface area (TPSA) is 82.9 Å². The first-order chi connectivity index (χ1) is 10.8. The van der Waals surface area contributed by atoms with Gasteiger partial charge in [0.1, 0.15) is 6.42 Å². The quantitative estimate of drug-likeness (QED) is 0.837. The van der Waals surface area contributed by atoms with Crippen molar-refractivity contribution < 1.29 is 18.8 Å². The molecule has 1 aliphatic heterocycles. The molecule has 0 bridgehead atoms. The summed E-state index contributed by atoms with van der Waals surface area (Å²) in [7, 11) is 0. The van der Waals surface area contributed by atoms with Gasteiger partial charge in [0, 0.05) is 31.7 Å². The molecule has 0 spiro atoms. The number of piperazine rings is 1. The van der Waals surface area contributed by atoms with E-state index in [1.807, 2.05) is 20.8 Å². The fourth-order valence-corrected chi connectivity index (χ4v) is 2.43. The Labute approximate surface area is 135 Å². The number of carbonyl (C=O) groups excluding carboxylic acids is 3. The Bertz CT molecular complexity index is 567. The lowest BCUT2D eigenvalue weighted by atomic mass is 10.1. The van der Waals surface area contributed by atoms with Gasteiger partial charge in [-0.05, 0) is 32.9 Å². The third-order valence-electron chi connectivity index (χ3n) is 3.48. The highest BCUT2D eigenvalue weighted by Gasteiger charge is 2.27. The van der Waals surface area contributed by atoms with Crippen molar-refractivity contribution in [2.24, 2.45) is 0 Å². The highest BCUT2D eigenvalue weighted by atomic mass is 16.3. The molecule has 0 aromatic carbocycles. The third-order valence-corrected chi connectivity index (χ3v) is 3.48. The molecule has 1 N–H and O–H groups in total. The number of nitrogens with one attached hydrogen (secondary N) is 1. The zero-order chi connectivity index (χ0) is 17.0. The van der Waals surface area contributed by atoms with E-state index in [0.717, 1.165) is 0 Å². The Balaban J connectivity index is 1.81. The first kappa shape index (κ1) is 17.1. The molecule has 23 heavy (non-hydrogen) atoms. The highest BCUT2D eigenvalue weighted by molar-refractivity contribution is 5.97. The summed E-state index contributed by atoms with van der Waals surface area (Å²) in [6.45, 7) is 7.33. The Hall–Kier alpha value is -2.31. The minimum atomic E-state index is -0.356. The summed E-state index contributed by atoms with van der Waals surface area (Å²) in [6, 6.07) is 3.29. The third kappa shape index (κ3) is 4.84. The van der Waals surface area contributed by atoms with E-state index >= 15 is 0 Å². The number of amides is 3. The van der Waals surface area contributed by atoms with E-state index in [-0.39, 0.29) is 29.7 Å². The predicted octanol–water partition coefficient (Wildman–Crippen LogP) is 0.869. The average Bonchev–Trinajstić information content (AvgIpc) is 2.98. The van der Waals surface area contributed by atoms with Gasteiger partial charge in [-0.15, -0.1) is 0 Å². The van der Waals surface area contributed by atoms with Gasteiger partial charge >= 0.3 is 0 Å². The van der Waals surface area contributed by atoms with Gasteiger partial charge in [-0.1, -0.05) is 0 Å². The molecule has 2 heterocycles. The van der Waals surface area contributed by atoms with Crippen molar-refractivity contribution >= 4 is 17.7 Å². The molecule has 0 unspecified atom stereocenters. The van der Waals surface area contributed by atoms with Gasteiger partial charge < -0.3 is 19.5 Å². The maximum Gasteiger partial charge on any atom is 0.289 e. The van der Waals surface area contributed by atoms with Crippen molar-refractivity contribution in [3.63, 3.8) is 0 Å². The summed E-state index contributed by atoms with van der Waals surface area (Å²) >= 11 is 0. The summed E-state index contributed by atoms with van der Waals surface area (Å²) in [5.41, 5.74) is -0.356. The number of hydrogen-bond donors (Lipinski definition) is 1. The Kier molecular flexibility index (Phi) is 5.08. The van der Waals surface area contributed by atoms with E-state index < -0.39 is 0 Å². The summed E-state index contributed by atoms with van der Waals surface area (Å²) in [5, 5.41) is 2.77. The van der Waals surface area contributed by atoms with Crippen LogP contribution in [-0.4, -0.2) is 59.2 Å². The van der Waals surface area contributed by atoms with Gasteiger partial charge in [-0.3, -0.25) is 14.4 Å². The lowest BCUT2D eigenvalue weighted by Crippen LogP contribution is -2.51. The molecule has 2 rings (SSSR count). The molecule has 7 nitrogen and oxygen atoms in total. The fraction of sp³-hybridized carbons (Fsp3) is 0.562. The van der Waals surface area contributed by atoms with Crippen LogP contribution < -0.4 is 5.32 Å². The van der Waals surface area contributed by atoms with Crippen molar-refractivity contribution in [3.05, 3.63) is 24.2 Å². The van der Waals surface area contributed by atoms with E-state index in [1.54, 1.807) is 21.9 Å². The SMILES string of the molecule is CC(C)(C)NC(=O)CC(=O)N1CCN(C(=O)c2ccco2)CC1. The van der Waals surface area contributed by atoms with Gasteiger partial charge in [0.05, 0.1) is 6.26 Å². The van der Waals surface area contributed by atoms with Crippen LogP contribution in [0.15, 0.2) is 22.8 Å². The highest BCUT2D eigenvalue weighted by Crippen LogP contribution is 2.10. The van der Waals surface area contributed by atoms with E-state index in [4.69, 9.17) is 4.42 Å². The van der Waals surface area contributed by atoms with Crippen LogP contribution in [0.2, 0.25) is 0 Å². The zero-order valence-electron chi connectivity index (χ0n) is 13.8. The maximum absolute atomic E-state index is 12.1. The van der Waals surface area contributed by atoms with Crippen LogP contribution in [0.5, 0.6) is 0 Å². The second kappa shape index (κ2) is 6.85. The number of nitrogens with zero attached hydrogens (tertiary/aromatic N) is 2. The molecule has 0 atom stereocenters. The molecular weight excluding hydrogens is 298 g/mol. The smallest absolute Gasteiger partial charge is 0.289 e. The van der Waals surface area contributed by atoms with Gasteiger partial charge in [0.15, 0.2) is 5.76 Å². The van der Waals surface area contributed by atoms with Crippen molar-refractivity contribution in [1.82, 2.24) is 15.1 Å². The number of rotatable bonds is 3. The minimum Gasteiger partial charge on any atom is -0.459 e. The zero-order valence-corrected chi connectivity index (χ0v) is 13.8. The number of carbonyl (C=O) groups is 3. The summed E-state index contributed by atoms with van der Waals surface area (Å²) in [4.78, 5) is 39.4. The lowest BCUT2D eigenvalue weighted by Gasteiger charge is -2.34. The first-order valence-electron chi connectivity index (χ1n) is 7.68. The number of hydrogen-bond acceptors (Lipinski definition) is 4. The van der Waals surface area contributed by atoms with Gasteiger partial charge in [0.2, 0.25) is 11.8 Å². The van der Waals surface area contributed by atoms with Gasteiger partial charge in [-0.2, -0.15) is 0 Å². The second-order valence-electron chi connectivity index (χ2n) is 6.63. The Morgan fingerprint density at radius 3 is 2.26 bits per heavy atom. The molecule has 1 fully saturated rings. The average molecular weight is 321 g/mol. The minimum absolute atomic E-state index is 0.163. The molecule has 0 saturated carbocycles. The van der Waals surface area contributed by atoms with Crippen molar-refractivity contribution in [2.45, 2.75) is 32.7 Å². The van der Waals surface area contributed by atoms with E-state index in [9.17, 15) is 14.4 Å². The second-order valence-corrected chi connectivity index (χ2v) is 6.63. The molecule has 1 saturated heterocycles. The standard InChI is InChI=1S/C16H23N3O4/c1-16(2,3)17-13(20)11-14(21)18-6-8-19(9-7-18)15(22)12-5-4-10-23-12/h4-5,10H,6-9,11H2,1-3H3,(H,17,20). The molecule has 126 valence electrons. The predicted molar refractivity (Wildman–Crippen MR) is 83.7 cm³/mol. The summed E-state index contributed by atoms with van der Waals surface area (Å²) in [5.74, 6) is -0.365. The molecule has 3 amide bonds. The fourth-order valence-electron chi connectivity index (χ4n) is 2.43. The van der Waals surface area contributed by atoms with E-state index in [1.165, 1.54) is 6.26 Å². The molecule has 1 aromatic rings. The van der Waals surface area contributed by atoms with Crippen LogP contribution in [0.3, 0.4) is 0 Å². The number of furan rings is 1. The molecule has 7 heteroatoms. The maximum atomic E-state index is 12.1. The van der Waals surface area contributed by atoms with Crippen LogP contribution in [0.4, 0.5) is 0 Å². The monoisotopic (exact) mass is 321 g/mol. The van der Waals surface area contributed by atoms with Crippen LogP contribution in [-0.2, 0) is 9.59 Å². The van der Waals surface area contributed by atoms with Crippen LogP contribution in [0.25, 0.3) is 0 Å². The van der Waals surface area contributed by atoms with Gasteiger partial charge in [-0.25, -0.2) is 0 Å². The molecule has 0 aliphatic carbocycles. The Morgan fingerprint density at radius 1 is 1.13 bits per heavy atom. The van der Waals surface area contributed by atoms with Crippen LogP contribution in [0, 0.1) is 0 Å². The molecule has 1 aromatic heterocycles. The van der Waals surface area contributed by atoms with Crippen LogP contribution >= 0.6 is 0 Å². The van der Waals surface area contributed by atoms with E-state index in [0.29, 0.717) is 31.9 Å². The lowest BCUT2D eigenvalue weighted by molar-refractivity contribution is -0.137. The largest absolute Gasteiger partial charge is 0.459 e. The molecular formula is C16H23N3O4. The Morgan fingerprint density at radius 2 is 1.74 bits per heavy atom. The van der Waals surface area contributed by atoms with E-state index in [2.05, 4.69) is 5.32 Å². The first-order valence-corrected chi connectivity index (χ1v) is 7.68. The van der Waals surface area contributed by atoms with Gasteiger partial charge in [0.25, 0.3) is 5.91 Å².